The molecule has 2 saturated heterocycles. The molecule has 204 valence electrons. The second-order valence-electron chi connectivity index (χ2n) is 9.60. The van der Waals surface area contributed by atoms with E-state index in [9.17, 15) is 22.4 Å². The number of alkyl halides is 4. The number of aryl methyl sites for hydroxylation is 2. The number of nitrogens with zero attached hydrogens (tertiary/aromatic N) is 4. The van der Waals surface area contributed by atoms with Gasteiger partial charge in [-0.2, -0.15) is 4.98 Å². The van der Waals surface area contributed by atoms with E-state index in [1.807, 2.05) is 39.8 Å². The van der Waals surface area contributed by atoms with Crippen LogP contribution in [-0.4, -0.2) is 54.9 Å². The van der Waals surface area contributed by atoms with Crippen molar-refractivity contribution in [3.63, 3.8) is 0 Å². The summed E-state index contributed by atoms with van der Waals surface area (Å²) in [5.74, 6) is -0.450. The van der Waals surface area contributed by atoms with E-state index in [1.165, 1.54) is 12.8 Å². The van der Waals surface area contributed by atoms with E-state index in [4.69, 9.17) is 0 Å². The molecule has 3 fully saturated rings. The van der Waals surface area contributed by atoms with Crippen molar-refractivity contribution in [1.29, 1.82) is 0 Å². The van der Waals surface area contributed by atoms with Crippen LogP contribution < -0.4 is 15.1 Å². The zero-order valence-corrected chi connectivity index (χ0v) is 22.0. The van der Waals surface area contributed by atoms with Crippen LogP contribution in [0.4, 0.5) is 35.0 Å². The third-order valence-corrected chi connectivity index (χ3v) is 6.89. The van der Waals surface area contributed by atoms with Gasteiger partial charge in [-0.05, 0) is 56.2 Å². The molecule has 1 aromatic carbocycles. The van der Waals surface area contributed by atoms with Crippen molar-refractivity contribution in [2.75, 3.05) is 48.2 Å². The number of piperidine rings is 2. The van der Waals surface area contributed by atoms with Crippen molar-refractivity contribution in [2.45, 2.75) is 59.3 Å². The maximum atomic E-state index is 13.5. The lowest BCUT2D eigenvalue weighted by Crippen LogP contribution is -2.40. The molecule has 1 amide bonds. The summed E-state index contributed by atoms with van der Waals surface area (Å²) >= 11 is 0. The first kappa shape index (κ1) is 28.7. The molecule has 6 nitrogen and oxygen atoms in total. The van der Waals surface area contributed by atoms with Crippen molar-refractivity contribution < 1.29 is 22.4 Å². The Morgan fingerprint density at radius 2 is 1.70 bits per heavy atom. The maximum absolute atomic E-state index is 13.5. The molecule has 10 heteroatoms. The number of halogens is 4. The van der Waals surface area contributed by atoms with Gasteiger partial charge in [0.2, 0.25) is 12.9 Å². The van der Waals surface area contributed by atoms with E-state index in [-0.39, 0.29) is 31.8 Å². The van der Waals surface area contributed by atoms with Crippen LogP contribution in [0, 0.1) is 25.7 Å². The Kier molecular flexibility index (Phi) is 9.73. The predicted octanol–water partition coefficient (Wildman–Crippen LogP) is 6.34. The monoisotopic (exact) mass is 523 g/mol. The highest BCUT2D eigenvalue weighted by Gasteiger charge is 2.42. The maximum Gasteiger partial charge on any atom is 0.258 e. The first-order valence-electron chi connectivity index (χ1n) is 13.0. The molecule has 5 rings (SSSR count). The number of benzene rings is 1. The number of anilines is 3. The number of carbonyl (C=O) groups is 1. The third-order valence-electron chi connectivity index (χ3n) is 6.89. The van der Waals surface area contributed by atoms with Gasteiger partial charge in [-0.1, -0.05) is 19.9 Å². The Hall–Kier alpha value is -2.91. The number of rotatable bonds is 4. The average Bonchev–Trinajstić information content (AvgIpc) is 3.64. The molecular formula is C27H37F4N5O. The van der Waals surface area contributed by atoms with E-state index in [0.29, 0.717) is 23.0 Å². The summed E-state index contributed by atoms with van der Waals surface area (Å²) in [6, 6.07) is 7.62. The van der Waals surface area contributed by atoms with Gasteiger partial charge in [-0.3, -0.25) is 4.79 Å². The number of aromatic nitrogens is 2. The summed E-state index contributed by atoms with van der Waals surface area (Å²) in [5, 5.41) is 2.92. The summed E-state index contributed by atoms with van der Waals surface area (Å²) in [6.45, 7) is 8.48. The van der Waals surface area contributed by atoms with Crippen LogP contribution in [0.2, 0.25) is 0 Å². The molecule has 2 unspecified atom stereocenters. The van der Waals surface area contributed by atoms with E-state index in [2.05, 4.69) is 26.3 Å². The molecule has 1 N–H and O–H groups in total. The van der Waals surface area contributed by atoms with Gasteiger partial charge in [-0.25, -0.2) is 22.5 Å². The largest absolute Gasteiger partial charge is 0.371 e. The van der Waals surface area contributed by atoms with Gasteiger partial charge in [0.25, 0.3) is 11.8 Å². The topological polar surface area (TPSA) is 61.4 Å². The van der Waals surface area contributed by atoms with Gasteiger partial charge in [0.05, 0.1) is 5.56 Å². The highest BCUT2D eigenvalue weighted by atomic mass is 19.3. The number of carbonyl (C=O) groups excluding carboxylic acids is 1. The molecule has 0 bridgehead atoms. The van der Waals surface area contributed by atoms with Gasteiger partial charge < -0.3 is 15.1 Å². The molecule has 2 aliphatic heterocycles. The second-order valence-corrected chi connectivity index (χ2v) is 9.60. The molecule has 2 aromatic rings. The van der Waals surface area contributed by atoms with Crippen molar-refractivity contribution in [2.24, 2.45) is 11.8 Å². The standard InChI is InChI=1S/C24H29F2N5O.C2H6.CH2F2/c1-15-3-4-19(20(11-15)31-8-5-17-13-18(17)14-31)22(32)28-21-12-16(2)27-23(29-21)30-9-6-24(25,26)7-10-30;1-2;2-1-3/h3-4,11-12,17-18H,5-10,13-14H2,1-2H3,(H,27,28,29,32);1-2H3;1H2. The molecular weight excluding hydrogens is 486 g/mol. The van der Waals surface area contributed by atoms with E-state index in [0.717, 1.165) is 36.2 Å². The van der Waals surface area contributed by atoms with Crippen molar-refractivity contribution >= 4 is 23.4 Å². The number of fused-ring (bicyclic) bond motifs is 1. The number of amides is 1. The zero-order chi connectivity index (χ0) is 27.2. The molecule has 3 aliphatic rings. The third kappa shape index (κ3) is 7.55. The number of hydrogen-bond acceptors (Lipinski definition) is 5. The second kappa shape index (κ2) is 12.6. The van der Waals surface area contributed by atoms with Crippen molar-refractivity contribution in [3.8, 4) is 0 Å². The summed E-state index contributed by atoms with van der Waals surface area (Å²) in [7, 11) is 0. The van der Waals surface area contributed by atoms with Gasteiger partial charge in [-0.15, -0.1) is 0 Å². The zero-order valence-electron chi connectivity index (χ0n) is 22.0. The quantitative estimate of drug-likeness (QED) is 0.474. The minimum Gasteiger partial charge on any atom is -0.371 e. The van der Waals surface area contributed by atoms with Crippen molar-refractivity contribution in [3.05, 3.63) is 41.1 Å². The first-order chi connectivity index (χ1) is 17.7. The lowest BCUT2D eigenvalue weighted by Gasteiger charge is -2.32. The molecule has 1 aromatic heterocycles. The minimum absolute atomic E-state index is 0.197. The molecule has 0 radical (unpaired) electrons. The number of hydrogen-bond donors (Lipinski definition) is 1. The normalized spacial score (nSPS) is 21.5. The summed E-state index contributed by atoms with van der Waals surface area (Å²) in [6.07, 6.45) is 2.06. The smallest absolute Gasteiger partial charge is 0.258 e. The lowest BCUT2D eigenvalue weighted by atomic mass is 10.0. The van der Waals surface area contributed by atoms with Gasteiger partial charge >= 0.3 is 0 Å². The van der Waals surface area contributed by atoms with Crippen LogP contribution in [0.15, 0.2) is 24.3 Å². The van der Waals surface area contributed by atoms with E-state index in [1.54, 1.807) is 11.0 Å². The average molecular weight is 524 g/mol. The molecule has 37 heavy (non-hydrogen) atoms. The highest BCUT2D eigenvalue weighted by molar-refractivity contribution is 6.08. The Balaban J connectivity index is 0.000000711. The fraction of sp³-hybridized carbons (Fsp3) is 0.593. The van der Waals surface area contributed by atoms with Crippen LogP contribution in [-0.2, 0) is 0 Å². The fourth-order valence-electron chi connectivity index (χ4n) is 4.87. The van der Waals surface area contributed by atoms with Crippen LogP contribution in [0.1, 0.15) is 61.1 Å². The lowest BCUT2D eigenvalue weighted by molar-refractivity contribution is -0.0222. The highest BCUT2D eigenvalue weighted by Crippen LogP contribution is 2.46. The van der Waals surface area contributed by atoms with Gasteiger partial charge in [0.1, 0.15) is 5.82 Å². The molecule has 1 saturated carbocycles. The Labute approximate surface area is 216 Å². The van der Waals surface area contributed by atoms with Crippen molar-refractivity contribution in [1.82, 2.24) is 9.97 Å². The molecule has 1 aliphatic carbocycles. The van der Waals surface area contributed by atoms with Crippen LogP contribution >= 0.6 is 0 Å². The molecule has 2 atom stereocenters. The molecule has 3 heterocycles. The van der Waals surface area contributed by atoms with E-state index >= 15 is 0 Å². The first-order valence-corrected chi connectivity index (χ1v) is 13.0. The summed E-state index contributed by atoms with van der Waals surface area (Å²) < 4.78 is 46.3. The minimum atomic E-state index is -2.63. The predicted molar refractivity (Wildman–Crippen MR) is 139 cm³/mol. The van der Waals surface area contributed by atoms with Gasteiger partial charge in [0, 0.05) is 56.5 Å². The summed E-state index contributed by atoms with van der Waals surface area (Å²) in [4.78, 5) is 26.2. The van der Waals surface area contributed by atoms with Crippen LogP contribution in [0.3, 0.4) is 0 Å². The fourth-order valence-corrected chi connectivity index (χ4v) is 4.87. The van der Waals surface area contributed by atoms with E-state index < -0.39 is 12.9 Å². The Morgan fingerprint density at radius 3 is 2.35 bits per heavy atom. The van der Waals surface area contributed by atoms with Gasteiger partial charge in [0.15, 0.2) is 0 Å². The molecule has 0 spiro atoms. The Morgan fingerprint density at radius 1 is 1.03 bits per heavy atom. The Bertz CT molecular complexity index is 1060. The number of nitrogens with one attached hydrogen (secondary N) is 1. The summed E-state index contributed by atoms with van der Waals surface area (Å²) in [5.41, 5.74) is 3.40. The SMILES string of the molecule is CC.Cc1ccc(C(=O)Nc2cc(C)nc(N3CCC(F)(F)CC3)n2)c(N2CCC3CC3C2)c1.FCF. The van der Waals surface area contributed by atoms with Crippen LogP contribution in [0.25, 0.3) is 0 Å². The van der Waals surface area contributed by atoms with Crippen LogP contribution in [0.5, 0.6) is 0 Å².